The van der Waals surface area contributed by atoms with Crippen LogP contribution in [0, 0.1) is 5.82 Å². The SMILES string of the molecule is O=C(O)Cc1ccc(N[C@@H]2CCC(=O)NC2=O)cc1F. The van der Waals surface area contributed by atoms with Gasteiger partial charge in [0.15, 0.2) is 0 Å². The molecule has 1 atom stereocenters. The van der Waals surface area contributed by atoms with Crippen LogP contribution in [0.3, 0.4) is 0 Å². The first kappa shape index (κ1) is 14.0. The highest BCUT2D eigenvalue weighted by Gasteiger charge is 2.26. The number of carbonyl (C=O) groups excluding carboxylic acids is 2. The van der Waals surface area contributed by atoms with E-state index in [0.717, 1.165) is 6.07 Å². The van der Waals surface area contributed by atoms with Crippen molar-refractivity contribution in [2.45, 2.75) is 25.3 Å². The van der Waals surface area contributed by atoms with Crippen LogP contribution in [-0.4, -0.2) is 28.9 Å². The number of carbonyl (C=O) groups is 3. The summed E-state index contributed by atoms with van der Waals surface area (Å²) in [5.74, 6) is -2.54. The second-order valence-corrected chi connectivity index (χ2v) is 4.52. The molecule has 1 aromatic rings. The first-order valence-electron chi connectivity index (χ1n) is 6.06. The lowest BCUT2D eigenvalue weighted by atomic mass is 10.1. The van der Waals surface area contributed by atoms with E-state index in [0.29, 0.717) is 12.1 Å². The number of halogens is 1. The molecule has 3 N–H and O–H groups in total. The van der Waals surface area contributed by atoms with Crippen molar-refractivity contribution < 1.29 is 23.9 Å². The Balaban J connectivity index is 2.07. The van der Waals surface area contributed by atoms with Crippen molar-refractivity contribution in [1.29, 1.82) is 0 Å². The molecule has 0 aliphatic carbocycles. The summed E-state index contributed by atoms with van der Waals surface area (Å²) < 4.78 is 13.7. The lowest BCUT2D eigenvalue weighted by molar-refractivity contribution is -0.136. The summed E-state index contributed by atoms with van der Waals surface area (Å²) in [5, 5.41) is 13.6. The van der Waals surface area contributed by atoms with Gasteiger partial charge in [-0.25, -0.2) is 4.39 Å². The van der Waals surface area contributed by atoms with Gasteiger partial charge >= 0.3 is 5.97 Å². The minimum atomic E-state index is -1.12. The molecule has 1 aromatic carbocycles. The van der Waals surface area contributed by atoms with E-state index in [1.54, 1.807) is 0 Å². The van der Waals surface area contributed by atoms with E-state index in [-0.39, 0.29) is 17.9 Å². The van der Waals surface area contributed by atoms with Crippen molar-refractivity contribution in [3.8, 4) is 0 Å². The van der Waals surface area contributed by atoms with Crippen LogP contribution >= 0.6 is 0 Å². The van der Waals surface area contributed by atoms with Crippen molar-refractivity contribution in [1.82, 2.24) is 5.32 Å². The maximum absolute atomic E-state index is 13.7. The van der Waals surface area contributed by atoms with Gasteiger partial charge in [0.1, 0.15) is 11.9 Å². The fraction of sp³-hybridized carbons (Fsp3) is 0.308. The quantitative estimate of drug-likeness (QED) is 0.704. The summed E-state index contributed by atoms with van der Waals surface area (Å²) in [7, 11) is 0. The smallest absolute Gasteiger partial charge is 0.307 e. The minimum Gasteiger partial charge on any atom is -0.481 e. The monoisotopic (exact) mass is 280 g/mol. The third-order valence-electron chi connectivity index (χ3n) is 2.97. The Hall–Kier alpha value is -2.44. The van der Waals surface area contributed by atoms with E-state index >= 15 is 0 Å². The molecule has 1 fully saturated rings. The zero-order valence-corrected chi connectivity index (χ0v) is 10.5. The molecule has 6 nitrogen and oxygen atoms in total. The summed E-state index contributed by atoms with van der Waals surface area (Å²) >= 11 is 0. The molecule has 0 unspecified atom stereocenters. The Kier molecular flexibility index (Phi) is 3.97. The van der Waals surface area contributed by atoms with Crippen molar-refractivity contribution in [2.75, 3.05) is 5.32 Å². The molecule has 20 heavy (non-hydrogen) atoms. The molecular formula is C13H13FN2O4. The first-order chi connectivity index (χ1) is 9.45. The molecule has 1 heterocycles. The van der Waals surface area contributed by atoms with Crippen LogP contribution in [0.4, 0.5) is 10.1 Å². The molecule has 1 aliphatic heterocycles. The minimum absolute atomic E-state index is 0.0753. The molecule has 1 aliphatic rings. The average Bonchev–Trinajstić information content (AvgIpc) is 2.36. The molecule has 7 heteroatoms. The first-order valence-corrected chi connectivity index (χ1v) is 6.06. The highest BCUT2D eigenvalue weighted by atomic mass is 19.1. The largest absolute Gasteiger partial charge is 0.481 e. The van der Waals surface area contributed by atoms with Gasteiger partial charge in [0.2, 0.25) is 11.8 Å². The maximum Gasteiger partial charge on any atom is 0.307 e. The van der Waals surface area contributed by atoms with E-state index in [4.69, 9.17) is 5.11 Å². The van der Waals surface area contributed by atoms with Gasteiger partial charge in [-0.15, -0.1) is 0 Å². The van der Waals surface area contributed by atoms with Gasteiger partial charge in [-0.05, 0) is 24.1 Å². The normalized spacial score (nSPS) is 18.6. The number of carboxylic acids is 1. The van der Waals surface area contributed by atoms with E-state index in [1.165, 1.54) is 12.1 Å². The third-order valence-corrected chi connectivity index (χ3v) is 2.97. The number of nitrogens with one attached hydrogen (secondary N) is 2. The summed E-state index contributed by atoms with van der Waals surface area (Å²) in [6.07, 6.45) is 0.163. The number of rotatable bonds is 4. The van der Waals surface area contributed by atoms with Crippen molar-refractivity contribution >= 4 is 23.5 Å². The van der Waals surface area contributed by atoms with Crippen LogP contribution in [0.1, 0.15) is 18.4 Å². The number of carboxylic acid groups (broad SMARTS) is 1. The van der Waals surface area contributed by atoms with E-state index in [2.05, 4.69) is 10.6 Å². The molecule has 0 saturated carbocycles. The second kappa shape index (κ2) is 5.68. The summed E-state index contributed by atoms with van der Waals surface area (Å²) in [6.45, 7) is 0. The van der Waals surface area contributed by atoms with Crippen LogP contribution < -0.4 is 10.6 Å². The molecule has 0 spiro atoms. The average molecular weight is 280 g/mol. The fourth-order valence-corrected chi connectivity index (χ4v) is 1.98. The van der Waals surface area contributed by atoms with Gasteiger partial charge in [-0.1, -0.05) is 6.07 Å². The Bertz CT molecular complexity index is 573. The zero-order valence-electron chi connectivity index (χ0n) is 10.5. The highest BCUT2D eigenvalue weighted by molar-refractivity contribution is 6.01. The van der Waals surface area contributed by atoms with Crippen molar-refractivity contribution in [2.24, 2.45) is 0 Å². The summed E-state index contributed by atoms with van der Waals surface area (Å²) in [4.78, 5) is 33.1. The number of benzene rings is 1. The zero-order chi connectivity index (χ0) is 14.7. The number of aliphatic carboxylic acids is 1. The van der Waals surface area contributed by atoms with Gasteiger partial charge in [-0.3, -0.25) is 19.7 Å². The maximum atomic E-state index is 13.7. The van der Waals surface area contributed by atoms with Crippen LogP contribution in [0.15, 0.2) is 18.2 Å². The number of hydrogen-bond acceptors (Lipinski definition) is 4. The Morgan fingerprint density at radius 1 is 1.45 bits per heavy atom. The standard InChI is InChI=1S/C13H13FN2O4/c14-9-6-8(2-1-7(9)5-12(18)19)15-10-3-4-11(17)16-13(10)20/h1-2,6,10,15H,3-5H2,(H,18,19)(H,16,17,20)/t10-/m1/s1. The van der Waals surface area contributed by atoms with Crippen molar-refractivity contribution in [3.63, 3.8) is 0 Å². The Labute approximate surface area is 114 Å². The predicted octanol–water partition coefficient (Wildman–Crippen LogP) is 0.670. The second-order valence-electron chi connectivity index (χ2n) is 4.52. The predicted molar refractivity (Wildman–Crippen MR) is 67.5 cm³/mol. The fourth-order valence-electron chi connectivity index (χ4n) is 1.98. The van der Waals surface area contributed by atoms with Crippen molar-refractivity contribution in [3.05, 3.63) is 29.6 Å². The molecule has 1 saturated heterocycles. The molecule has 106 valence electrons. The topological polar surface area (TPSA) is 95.5 Å². The molecular weight excluding hydrogens is 267 g/mol. The van der Waals surface area contributed by atoms with E-state index < -0.39 is 30.2 Å². The number of imide groups is 1. The third kappa shape index (κ3) is 3.31. The Morgan fingerprint density at radius 3 is 2.80 bits per heavy atom. The van der Waals surface area contributed by atoms with Gasteiger partial charge in [0, 0.05) is 12.1 Å². The number of anilines is 1. The lowest BCUT2D eigenvalue weighted by Gasteiger charge is -2.22. The van der Waals surface area contributed by atoms with Gasteiger partial charge in [0.25, 0.3) is 0 Å². The number of amides is 2. The van der Waals surface area contributed by atoms with Crippen LogP contribution in [0.25, 0.3) is 0 Å². The van der Waals surface area contributed by atoms with Gasteiger partial charge < -0.3 is 10.4 Å². The number of hydrogen-bond donors (Lipinski definition) is 3. The highest BCUT2D eigenvalue weighted by Crippen LogP contribution is 2.18. The van der Waals surface area contributed by atoms with Crippen LogP contribution in [-0.2, 0) is 20.8 Å². The van der Waals surface area contributed by atoms with Gasteiger partial charge in [-0.2, -0.15) is 0 Å². The molecule has 0 radical (unpaired) electrons. The molecule has 0 aromatic heterocycles. The summed E-state index contributed by atoms with van der Waals surface area (Å²) in [5.41, 5.74) is 0.442. The molecule has 2 rings (SSSR count). The summed E-state index contributed by atoms with van der Waals surface area (Å²) in [6, 6.07) is 3.41. The van der Waals surface area contributed by atoms with Gasteiger partial charge in [0.05, 0.1) is 6.42 Å². The number of piperidine rings is 1. The van der Waals surface area contributed by atoms with Crippen LogP contribution in [0.2, 0.25) is 0 Å². The Morgan fingerprint density at radius 2 is 2.20 bits per heavy atom. The molecule has 2 amide bonds. The molecule has 0 bridgehead atoms. The lowest BCUT2D eigenvalue weighted by Crippen LogP contribution is -2.47. The van der Waals surface area contributed by atoms with E-state index in [1.807, 2.05) is 0 Å². The van der Waals surface area contributed by atoms with Crippen LogP contribution in [0.5, 0.6) is 0 Å². The van der Waals surface area contributed by atoms with E-state index in [9.17, 15) is 18.8 Å².